The summed E-state index contributed by atoms with van der Waals surface area (Å²) in [6, 6.07) is 4.32. The Morgan fingerprint density at radius 2 is 1.86 bits per heavy atom. The Morgan fingerprint density at radius 3 is 2.61 bits per heavy atom. The minimum atomic E-state index is 0.0964. The van der Waals surface area contributed by atoms with Crippen LogP contribution in [-0.4, -0.2) is 58.8 Å². The lowest BCUT2D eigenvalue weighted by Gasteiger charge is -2.32. The predicted molar refractivity (Wildman–Crippen MR) is 101 cm³/mol. The van der Waals surface area contributed by atoms with Crippen LogP contribution in [0.4, 0.5) is 5.82 Å². The number of aryl methyl sites for hydroxylation is 1. The van der Waals surface area contributed by atoms with Gasteiger partial charge in [-0.15, -0.1) is 15.3 Å². The average Bonchev–Trinajstić information content (AvgIpc) is 3.37. The molecule has 0 radical (unpaired) electrons. The van der Waals surface area contributed by atoms with Crippen molar-refractivity contribution in [3.05, 3.63) is 43.2 Å². The Hall–Kier alpha value is -3.56. The minimum absolute atomic E-state index is 0.0964. The van der Waals surface area contributed by atoms with Crippen molar-refractivity contribution in [2.24, 2.45) is 7.05 Å². The number of anilines is 1. The van der Waals surface area contributed by atoms with Crippen LogP contribution >= 0.6 is 0 Å². The molecule has 4 aromatic heterocycles. The highest BCUT2D eigenvalue weighted by Gasteiger charge is 2.22. The van der Waals surface area contributed by atoms with Gasteiger partial charge >= 0.3 is 6.01 Å². The molecule has 0 saturated carbocycles. The average molecular weight is 377 g/mol. The smallest absolute Gasteiger partial charge is 0.316 e. The van der Waals surface area contributed by atoms with Crippen LogP contribution in [-0.2, 0) is 7.05 Å². The van der Waals surface area contributed by atoms with Crippen LogP contribution in [0, 0.1) is 0 Å². The lowest BCUT2D eigenvalue weighted by molar-refractivity contribution is 0.156. The summed E-state index contributed by atoms with van der Waals surface area (Å²) < 4.78 is 9.42. The van der Waals surface area contributed by atoms with Gasteiger partial charge in [0, 0.05) is 62.7 Å². The van der Waals surface area contributed by atoms with Gasteiger partial charge in [0.05, 0.1) is 6.20 Å². The van der Waals surface area contributed by atoms with Gasteiger partial charge < -0.3 is 9.64 Å². The molecule has 0 N–H and O–H groups in total. The Labute approximate surface area is 160 Å². The van der Waals surface area contributed by atoms with Crippen molar-refractivity contribution in [1.82, 2.24) is 39.6 Å². The van der Waals surface area contributed by atoms with Crippen LogP contribution in [0.25, 0.3) is 16.8 Å². The molecule has 0 spiro atoms. The first-order chi connectivity index (χ1) is 13.7. The zero-order valence-corrected chi connectivity index (χ0v) is 15.4. The second-order valence-electron chi connectivity index (χ2n) is 6.79. The summed E-state index contributed by atoms with van der Waals surface area (Å²) >= 11 is 0. The van der Waals surface area contributed by atoms with Gasteiger partial charge in [0.25, 0.3) is 0 Å². The zero-order valence-electron chi connectivity index (χ0n) is 15.4. The lowest BCUT2D eigenvalue weighted by atomic mass is 10.1. The summed E-state index contributed by atoms with van der Waals surface area (Å²) in [4.78, 5) is 10.9. The van der Waals surface area contributed by atoms with Crippen molar-refractivity contribution in [1.29, 1.82) is 0 Å². The van der Waals surface area contributed by atoms with Crippen molar-refractivity contribution in [3.63, 3.8) is 0 Å². The van der Waals surface area contributed by atoms with Gasteiger partial charge in [0.2, 0.25) is 0 Å². The zero-order chi connectivity index (χ0) is 18.9. The Bertz CT molecular complexity index is 1080. The van der Waals surface area contributed by atoms with E-state index in [1.165, 1.54) is 0 Å². The van der Waals surface area contributed by atoms with E-state index in [1.807, 2.05) is 25.4 Å². The Morgan fingerprint density at radius 1 is 1.04 bits per heavy atom. The first-order valence-corrected chi connectivity index (χ1v) is 9.14. The molecule has 0 bridgehead atoms. The van der Waals surface area contributed by atoms with Crippen molar-refractivity contribution < 1.29 is 4.74 Å². The van der Waals surface area contributed by atoms with E-state index in [4.69, 9.17) is 4.74 Å². The molecule has 1 fully saturated rings. The maximum Gasteiger partial charge on any atom is 0.316 e. The largest absolute Gasteiger partial charge is 0.460 e. The summed E-state index contributed by atoms with van der Waals surface area (Å²) in [5, 5.41) is 16.6. The molecule has 4 aromatic rings. The molecule has 1 aliphatic heterocycles. The van der Waals surface area contributed by atoms with Gasteiger partial charge in [-0.25, -0.2) is 9.97 Å². The highest BCUT2D eigenvalue weighted by molar-refractivity contribution is 5.59. The second kappa shape index (κ2) is 6.87. The third-order valence-corrected chi connectivity index (χ3v) is 4.85. The molecule has 28 heavy (non-hydrogen) atoms. The van der Waals surface area contributed by atoms with E-state index >= 15 is 0 Å². The Kier molecular flexibility index (Phi) is 4.08. The minimum Gasteiger partial charge on any atom is -0.460 e. The first kappa shape index (κ1) is 16.6. The quantitative estimate of drug-likeness (QED) is 0.526. The van der Waals surface area contributed by atoms with Gasteiger partial charge in [-0.05, 0) is 12.1 Å². The number of piperidine rings is 1. The van der Waals surface area contributed by atoms with Gasteiger partial charge in [-0.2, -0.15) is 9.61 Å². The summed E-state index contributed by atoms with van der Waals surface area (Å²) in [6.45, 7) is 1.72. The van der Waals surface area contributed by atoms with E-state index in [-0.39, 0.29) is 6.10 Å². The molecule has 10 nitrogen and oxygen atoms in total. The van der Waals surface area contributed by atoms with E-state index in [9.17, 15) is 0 Å². The van der Waals surface area contributed by atoms with Gasteiger partial charge in [-0.1, -0.05) is 0 Å². The van der Waals surface area contributed by atoms with Gasteiger partial charge in [-0.3, -0.25) is 4.68 Å². The molecule has 10 heteroatoms. The number of fused-ring (bicyclic) bond motifs is 1. The molecule has 5 rings (SSSR count). The molecular weight excluding hydrogens is 358 g/mol. The molecule has 0 atom stereocenters. The standard InChI is InChI=1S/C18H19N9O/c1-25-11-14(10-22-25)13-8-19-18(20-9-13)28-15-4-6-26(7-5-15)17-3-2-16-23-21-12-27(16)24-17/h2-3,8-12,15H,4-7H2,1H3. The fourth-order valence-corrected chi connectivity index (χ4v) is 3.34. The molecule has 0 aliphatic carbocycles. The van der Waals surface area contributed by atoms with E-state index < -0.39 is 0 Å². The molecule has 0 amide bonds. The van der Waals surface area contributed by atoms with Crippen LogP contribution in [0.2, 0.25) is 0 Å². The van der Waals surface area contributed by atoms with Crippen molar-refractivity contribution >= 4 is 11.5 Å². The SMILES string of the molecule is Cn1cc(-c2cnc(OC3CCN(c4ccc5nncn5n4)CC3)nc2)cn1. The number of hydrogen-bond donors (Lipinski definition) is 0. The number of aromatic nitrogens is 8. The van der Waals surface area contributed by atoms with Crippen molar-refractivity contribution in [3.8, 4) is 17.1 Å². The van der Waals surface area contributed by atoms with Crippen LogP contribution < -0.4 is 9.64 Å². The molecule has 0 unspecified atom stereocenters. The van der Waals surface area contributed by atoms with Crippen LogP contribution in [0.3, 0.4) is 0 Å². The fourth-order valence-electron chi connectivity index (χ4n) is 3.34. The van der Waals surface area contributed by atoms with E-state index in [1.54, 1.807) is 34.1 Å². The Balaban J connectivity index is 1.20. The van der Waals surface area contributed by atoms with Gasteiger partial charge in [0.1, 0.15) is 18.2 Å². The molecular formula is C18H19N9O. The number of rotatable bonds is 4. The molecule has 1 saturated heterocycles. The number of hydrogen-bond acceptors (Lipinski definition) is 8. The molecule has 142 valence electrons. The normalized spacial score (nSPS) is 15.2. The lowest BCUT2D eigenvalue weighted by Crippen LogP contribution is -2.39. The van der Waals surface area contributed by atoms with Crippen molar-refractivity contribution in [2.45, 2.75) is 18.9 Å². The van der Waals surface area contributed by atoms with Crippen LogP contribution in [0.5, 0.6) is 6.01 Å². The third kappa shape index (κ3) is 3.24. The van der Waals surface area contributed by atoms with Gasteiger partial charge in [0.15, 0.2) is 5.65 Å². The monoisotopic (exact) mass is 377 g/mol. The second-order valence-corrected chi connectivity index (χ2v) is 6.79. The summed E-state index contributed by atoms with van der Waals surface area (Å²) in [5.74, 6) is 0.919. The van der Waals surface area contributed by atoms with E-state index in [0.29, 0.717) is 6.01 Å². The van der Waals surface area contributed by atoms with Crippen molar-refractivity contribution in [2.75, 3.05) is 18.0 Å². The van der Waals surface area contributed by atoms with Crippen LogP contribution in [0.15, 0.2) is 43.2 Å². The van der Waals surface area contributed by atoms with E-state index in [0.717, 1.165) is 48.5 Å². The van der Waals surface area contributed by atoms with E-state index in [2.05, 4.69) is 35.3 Å². The number of nitrogens with zero attached hydrogens (tertiary/aromatic N) is 9. The maximum absolute atomic E-state index is 5.98. The fraction of sp³-hybridized carbons (Fsp3) is 0.333. The predicted octanol–water partition coefficient (Wildman–Crippen LogP) is 1.36. The number of ether oxygens (including phenoxy) is 1. The van der Waals surface area contributed by atoms with Crippen LogP contribution in [0.1, 0.15) is 12.8 Å². The first-order valence-electron chi connectivity index (χ1n) is 9.14. The molecule has 0 aromatic carbocycles. The summed E-state index contributed by atoms with van der Waals surface area (Å²) in [7, 11) is 1.88. The summed E-state index contributed by atoms with van der Waals surface area (Å²) in [5.41, 5.74) is 2.65. The summed E-state index contributed by atoms with van der Waals surface area (Å²) in [6.07, 6.45) is 10.7. The third-order valence-electron chi connectivity index (χ3n) is 4.85. The maximum atomic E-state index is 5.98. The highest BCUT2D eigenvalue weighted by atomic mass is 16.5. The molecule has 1 aliphatic rings. The molecule has 5 heterocycles. The topological polar surface area (TPSA) is 99.2 Å². The highest BCUT2D eigenvalue weighted by Crippen LogP contribution is 2.22.